The van der Waals surface area contributed by atoms with Crippen molar-refractivity contribution >= 4 is 56.3 Å². The number of anilines is 2. The first-order valence-electron chi connectivity index (χ1n) is 9.30. The van der Waals surface area contributed by atoms with Crippen LogP contribution in [-0.2, 0) is 9.30 Å². The van der Waals surface area contributed by atoms with Crippen molar-refractivity contribution in [1.82, 2.24) is 9.97 Å². The zero-order chi connectivity index (χ0) is 20.0. The number of pyridine rings is 1. The van der Waals surface area contributed by atoms with Crippen LogP contribution >= 0.6 is 18.5 Å². The monoisotopic (exact) mass is 425 g/mol. The van der Waals surface area contributed by atoms with Gasteiger partial charge in [-0.3, -0.25) is 4.98 Å². The van der Waals surface area contributed by atoms with Gasteiger partial charge in [-0.1, -0.05) is 0 Å². The van der Waals surface area contributed by atoms with E-state index in [0.29, 0.717) is 19.0 Å². The van der Waals surface area contributed by atoms with E-state index in [1.807, 2.05) is 35.8 Å². The largest absolute Gasteiger partial charge is 0.485 e. The van der Waals surface area contributed by atoms with Gasteiger partial charge in [0.05, 0.1) is 39.8 Å². The maximum absolute atomic E-state index is 13.0. The maximum atomic E-state index is 13.0. The van der Waals surface area contributed by atoms with Crippen molar-refractivity contribution in [3.8, 4) is 5.75 Å². The first kappa shape index (κ1) is 18.6. The fraction of sp³-hybridized carbons (Fsp3) is 0.238. The summed E-state index contributed by atoms with van der Waals surface area (Å²) in [6, 6.07) is 11.9. The molecule has 2 aromatic heterocycles. The fourth-order valence-electron chi connectivity index (χ4n) is 3.34. The summed E-state index contributed by atoms with van der Waals surface area (Å²) >= 11 is 1.62. The molecule has 0 unspecified atom stereocenters. The molecule has 6 nitrogen and oxygen atoms in total. The molecule has 1 N–H and O–H groups in total. The van der Waals surface area contributed by atoms with Gasteiger partial charge in [0.15, 0.2) is 0 Å². The van der Waals surface area contributed by atoms with E-state index in [2.05, 4.69) is 21.4 Å². The van der Waals surface area contributed by atoms with Gasteiger partial charge in [0.25, 0.3) is 0 Å². The Morgan fingerprint density at radius 1 is 1.14 bits per heavy atom. The normalized spacial score (nSPS) is 14.8. The van der Waals surface area contributed by atoms with Gasteiger partial charge >= 0.3 is 0 Å². The summed E-state index contributed by atoms with van der Waals surface area (Å²) in [5.41, 5.74) is 5.44. The minimum Gasteiger partial charge on any atom is -0.485 e. The lowest BCUT2D eigenvalue weighted by Gasteiger charge is -2.28. The number of rotatable bonds is 5. The SMILES string of the molecule is CP(C)(=O)c1cc2c(Nc3ccc4scnc4c3)ccnc2cc1OC1COC1. The molecule has 1 aliphatic rings. The predicted octanol–water partition coefficient (Wildman–Crippen LogP) is 4.61. The fourth-order valence-corrected chi connectivity index (χ4v) is 5.09. The van der Waals surface area contributed by atoms with Crippen LogP contribution < -0.4 is 15.4 Å². The molecule has 0 bridgehead atoms. The number of aromatic nitrogens is 2. The molecule has 0 radical (unpaired) electrons. The molecule has 0 saturated carbocycles. The Bertz CT molecular complexity index is 1260. The summed E-state index contributed by atoms with van der Waals surface area (Å²) in [6.45, 7) is 4.64. The number of hydrogen-bond acceptors (Lipinski definition) is 7. The molecule has 1 fully saturated rings. The van der Waals surface area contributed by atoms with Crippen molar-refractivity contribution in [2.24, 2.45) is 0 Å². The first-order chi connectivity index (χ1) is 14.0. The van der Waals surface area contributed by atoms with E-state index in [4.69, 9.17) is 9.47 Å². The molecule has 1 aliphatic heterocycles. The van der Waals surface area contributed by atoms with Crippen LogP contribution in [0.15, 0.2) is 48.1 Å². The summed E-state index contributed by atoms with van der Waals surface area (Å²) < 4.78 is 25.4. The Labute approximate surface area is 172 Å². The van der Waals surface area contributed by atoms with Crippen molar-refractivity contribution in [2.75, 3.05) is 31.9 Å². The lowest BCUT2D eigenvalue weighted by Crippen LogP contribution is -2.39. The van der Waals surface area contributed by atoms with Gasteiger partial charge in [-0.15, -0.1) is 11.3 Å². The third-order valence-electron chi connectivity index (χ3n) is 4.91. The summed E-state index contributed by atoms with van der Waals surface area (Å²) in [5, 5.41) is 5.09. The Morgan fingerprint density at radius 2 is 2.00 bits per heavy atom. The lowest BCUT2D eigenvalue weighted by molar-refractivity contribution is -0.0792. The van der Waals surface area contributed by atoms with Crippen LogP contribution in [0.5, 0.6) is 5.75 Å². The van der Waals surface area contributed by atoms with Gasteiger partial charge in [0.1, 0.15) is 19.0 Å². The number of fused-ring (bicyclic) bond motifs is 2. The minimum absolute atomic E-state index is 0.00361. The van der Waals surface area contributed by atoms with Crippen LogP contribution in [0, 0.1) is 0 Å². The topological polar surface area (TPSA) is 73.3 Å². The number of nitrogens with zero attached hydrogens (tertiary/aromatic N) is 2. The molecule has 0 amide bonds. The van der Waals surface area contributed by atoms with Crippen molar-refractivity contribution in [3.63, 3.8) is 0 Å². The smallest absolute Gasteiger partial charge is 0.145 e. The van der Waals surface area contributed by atoms with Crippen LogP contribution in [0.25, 0.3) is 21.1 Å². The molecule has 29 heavy (non-hydrogen) atoms. The van der Waals surface area contributed by atoms with Gasteiger partial charge in [-0.2, -0.15) is 0 Å². The molecule has 0 spiro atoms. The third-order valence-corrected chi connectivity index (χ3v) is 7.23. The zero-order valence-corrected chi connectivity index (χ0v) is 17.8. The van der Waals surface area contributed by atoms with Gasteiger partial charge in [0.2, 0.25) is 0 Å². The minimum atomic E-state index is -2.56. The van der Waals surface area contributed by atoms with Gasteiger partial charge in [-0.05, 0) is 43.7 Å². The van der Waals surface area contributed by atoms with E-state index in [9.17, 15) is 4.57 Å². The number of ether oxygens (including phenoxy) is 2. The average Bonchev–Trinajstić information content (AvgIpc) is 3.11. The van der Waals surface area contributed by atoms with E-state index in [1.165, 1.54) is 0 Å². The van der Waals surface area contributed by atoms with E-state index in [-0.39, 0.29) is 6.10 Å². The Hall–Kier alpha value is -2.47. The first-order valence-corrected chi connectivity index (χ1v) is 12.8. The highest BCUT2D eigenvalue weighted by Crippen LogP contribution is 2.41. The van der Waals surface area contributed by atoms with E-state index in [1.54, 1.807) is 30.9 Å². The molecule has 148 valence electrons. The molecule has 0 aliphatic carbocycles. The van der Waals surface area contributed by atoms with Crippen LogP contribution in [0.4, 0.5) is 11.4 Å². The van der Waals surface area contributed by atoms with Crippen LogP contribution in [0.1, 0.15) is 0 Å². The van der Waals surface area contributed by atoms with Crippen molar-refractivity contribution in [3.05, 3.63) is 48.1 Å². The highest BCUT2D eigenvalue weighted by molar-refractivity contribution is 7.70. The molecule has 5 rings (SSSR count). The number of hydrogen-bond donors (Lipinski definition) is 1. The number of benzene rings is 2. The number of thiazole rings is 1. The summed E-state index contributed by atoms with van der Waals surface area (Å²) in [6.07, 6.45) is 1.77. The molecule has 3 heterocycles. The van der Waals surface area contributed by atoms with E-state index < -0.39 is 7.14 Å². The highest BCUT2D eigenvalue weighted by atomic mass is 32.1. The van der Waals surface area contributed by atoms with Crippen molar-refractivity contribution in [2.45, 2.75) is 6.10 Å². The van der Waals surface area contributed by atoms with Crippen LogP contribution in [0.3, 0.4) is 0 Å². The standard InChI is InChI=1S/C21H20N3O3PS/c1-28(2,25)20-8-15-16(24-13-3-4-21-18(7-13)23-12-29-21)5-6-22-17(15)9-19(20)27-14-10-26-11-14/h3-9,12,14H,10-11H2,1-2H3,(H,22,24). The van der Waals surface area contributed by atoms with E-state index >= 15 is 0 Å². The second-order valence-electron chi connectivity index (χ2n) is 7.48. The van der Waals surface area contributed by atoms with Gasteiger partial charge < -0.3 is 19.4 Å². The lowest BCUT2D eigenvalue weighted by atomic mass is 10.1. The molecule has 0 atom stereocenters. The predicted molar refractivity (Wildman–Crippen MR) is 119 cm³/mol. The zero-order valence-electron chi connectivity index (χ0n) is 16.1. The summed E-state index contributed by atoms with van der Waals surface area (Å²) in [4.78, 5) is 8.89. The Morgan fingerprint density at radius 3 is 2.76 bits per heavy atom. The average molecular weight is 425 g/mol. The Balaban J connectivity index is 1.59. The number of nitrogens with one attached hydrogen (secondary N) is 1. The van der Waals surface area contributed by atoms with Crippen molar-refractivity contribution in [1.29, 1.82) is 0 Å². The maximum Gasteiger partial charge on any atom is 0.145 e. The molecule has 8 heteroatoms. The molecule has 1 saturated heterocycles. The van der Waals surface area contributed by atoms with Crippen molar-refractivity contribution < 1.29 is 14.0 Å². The molecule has 4 aromatic rings. The summed E-state index contributed by atoms with van der Waals surface area (Å²) in [7, 11) is -2.56. The summed E-state index contributed by atoms with van der Waals surface area (Å²) in [5.74, 6) is 0.632. The Kier molecular flexibility index (Phi) is 4.54. The van der Waals surface area contributed by atoms with Crippen LogP contribution in [-0.4, -0.2) is 42.6 Å². The molecular weight excluding hydrogens is 405 g/mol. The third kappa shape index (κ3) is 3.62. The molecule has 2 aromatic carbocycles. The quantitative estimate of drug-likeness (QED) is 0.471. The second-order valence-corrected chi connectivity index (χ2v) is 11.6. The van der Waals surface area contributed by atoms with Gasteiger partial charge in [0, 0.05) is 29.0 Å². The van der Waals surface area contributed by atoms with Crippen LogP contribution in [0.2, 0.25) is 0 Å². The highest BCUT2D eigenvalue weighted by Gasteiger charge is 2.25. The molecular formula is C21H20N3O3PS. The van der Waals surface area contributed by atoms with Gasteiger partial charge in [-0.25, -0.2) is 4.98 Å². The van der Waals surface area contributed by atoms with E-state index in [0.717, 1.165) is 37.8 Å². The second kappa shape index (κ2) is 7.10.